The molecule has 6 nitrogen and oxygen atoms in total. The molecule has 1 amide bonds. The van der Waals surface area contributed by atoms with Gasteiger partial charge in [0.25, 0.3) is 11.5 Å². The molecule has 1 unspecified atom stereocenters. The Morgan fingerprint density at radius 3 is 2.72 bits per heavy atom. The number of ether oxygens (including phenoxy) is 1. The minimum Gasteiger partial charge on any atom is -0.482 e. The zero-order valence-electron chi connectivity index (χ0n) is 14.1. The molecular weight excluding hydrogens is 388 g/mol. The highest BCUT2D eigenvalue weighted by Gasteiger charge is 2.25. The van der Waals surface area contributed by atoms with Crippen LogP contribution in [0.2, 0.25) is 0 Å². The maximum absolute atomic E-state index is 12.9. The van der Waals surface area contributed by atoms with Gasteiger partial charge in [-0.3, -0.25) is 14.4 Å². The summed E-state index contributed by atoms with van der Waals surface area (Å²) < 4.78 is 7.51. The SMILES string of the molecule is Cc1cc(Br)cn(C(C)C(=O)c2ccc3c(c2)N(C)C(=O)CO3)c1=O. The summed E-state index contributed by atoms with van der Waals surface area (Å²) in [6, 6.07) is 5.99. The summed E-state index contributed by atoms with van der Waals surface area (Å²) in [6.07, 6.45) is 1.61. The smallest absolute Gasteiger partial charge is 0.264 e. The van der Waals surface area contributed by atoms with E-state index in [0.717, 1.165) is 4.47 Å². The maximum Gasteiger partial charge on any atom is 0.264 e. The molecule has 7 heteroatoms. The number of benzene rings is 1. The number of carbonyl (C=O) groups excluding carboxylic acids is 2. The number of likely N-dealkylation sites (N-methyl/N-ethyl adjacent to an activating group) is 1. The number of aromatic nitrogens is 1. The van der Waals surface area contributed by atoms with Gasteiger partial charge < -0.3 is 14.2 Å². The number of pyridine rings is 1. The first-order valence-electron chi connectivity index (χ1n) is 7.75. The van der Waals surface area contributed by atoms with E-state index in [4.69, 9.17) is 4.74 Å². The van der Waals surface area contributed by atoms with Crippen LogP contribution >= 0.6 is 15.9 Å². The number of carbonyl (C=O) groups is 2. The summed E-state index contributed by atoms with van der Waals surface area (Å²) in [7, 11) is 1.64. The topological polar surface area (TPSA) is 68.6 Å². The van der Waals surface area contributed by atoms with Crippen LogP contribution in [-0.2, 0) is 4.79 Å². The Hall–Kier alpha value is -2.41. The van der Waals surface area contributed by atoms with Gasteiger partial charge in [0.15, 0.2) is 12.4 Å². The molecule has 0 radical (unpaired) electrons. The van der Waals surface area contributed by atoms with Crippen molar-refractivity contribution >= 4 is 33.3 Å². The number of nitrogens with zero attached hydrogens (tertiary/aromatic N) is 2. The molecule has 0 spiro atoms. The molecule has 0 aliphatic carbocycles. The number of rotatable bonds is 3. The fourth-order valence-corrected chi connectivity index (χ4v) is 3.35. The lowest BCUT2D eigenvalue weighted by Crippen LogP contribution is -2.35. The molecule has 130 valence electrons. The number of amides is 1. The highest BCUT2D eigenvalue weighted by Crippen LogP contribution is 2.32. The third-order valence-electron chi connectivity index (χ3n) is 4.32. The highest BCUT2D eigenvalue weighted by atomic mass is 79.9. The number of aryl methyl sites for hydroxylation is 1. The van der Waals surface area contributed by atoms with Gasteiger partial charge in [0.1, 0.15) is 5.75 Å². The molecule has 0 bridgehead atoms. The van der Waals surface area contributed by atoms with Crippen LogP contribution < -0.4 is 15.2 Å². The van der Waals surface area contributed by atoms with Crippen molar-refractivity contribution in [3.05, 3.63) is 56.4 Å². The third-order valence-corrected chi connectivity index (χ3v) is 4.75. The standard InChI is InChI=1S/C18H17BrN2O4/c1-10-6-13(19)8-21(18(10)24)11(2)17(23)12-4-5-15-14(7-12)20(3)16(22)9-25-15/h4-8,11H,9H2,1-3H3. The van der Waals surface area contributed by atoms with Crippen LogP contribution in [0.25, 0.3) is 0 Å². The molecule has 3 rings (SSSR count). The number of halogens is 1. The number of hydrogen-bond acceptors (Lipinski definition) is 4. The van der Waals surface area contributed by atoms with E-state index in [9.17, 15) is 14.4 Å². The summed E-state index contributed by atoms with van der Waals surface area (Å²) in [5.41, 5.74) is 1.31. The second-order valence-corrected chi connectivity index (χ2v) is 6.93. The average molecular weight is 405 g/mol. The molecule has 1 aromatic carbocycles. The van der Waals surface area contributed by atoms with Crippen molar-refractivity contribution in [3.63, 3.8) is 0 Å². The van der Waals surface area contributed by atoms with Crippen LogP contribution in [0.4, 0.5) is 5.69 Å². The van der Waals surface area contributed by atoms with Gasteiger partial charge in [-0.1, -0.05) is 0 Å². The van der Waals surface area contributed by atoms with E-state index in [-0.39, 0.29) is 23.9 Å². The molecule has 25 heavy (non-hydrogen) atoms. The molecule has 1 atom stereocenters. The Bertz CT molecular complexity index is 935. The lowest BCUT2D eigenvalue weighted by Gasteiger charge is -2.26. The van der Waals surface area contributed by atoms with Crippen molar-refractivity contribution in [1.29, 1.82) is 0 Å². The Morgan fingerprint density at radius 2 is 2.00 bits per heavy atom. The molecule has 2 heterocycles. The molecule has 0 saturated carbocycles. The first kappa shape index (κ1) is 17.4. The Labute approximate surface area is 153 Å². The quantitative estimate of drug-likeness (QED) is 0.737. The summed E-state index contributed by atoms with van der Waals surface area (Å²) >= 11 is 3.35. The summed E-state index contributed by atoms with van der Waals surface area (Å²) in [5, 5.41) is 0. The molecule has 2 aromatic rings. The average Bonchev–Trinajstić information content (AvgIpc) is 2.60. The fourth-order valence-electron chi connectivity index (χ4n) is 2.78. The highest BCUT2D eigenvalue weighted by molar-refractivity contribution is 9.10. The van der Waals surface area contributed by atoms with Gasteiger partial charge in [-0.15, -0.1) is 0 Å². The molecule has 0 fully saturated rings. The lowest BCUT2D eigenvalue weighted by atomic mass is 10.0. The Morgan fingerprint density at radius 1 is 1.28 bits per heavy atom. The van der Waals surface area contributed by atoms with Gasteiger partial charge in [0.2, 0.25) is 0 Å². The van der Waals surface area contributed by atoms with Crippen LogP contribution in [-0.4, -0.2) is 29.9 Å². The predicted molar refractivity (Wildman–Crippen MR) is 97.5 cm³/mol. The van der Waals surface area contributed by atoms with Gasteiger partial charge in [-0.05, 0) is 54.0 Å². The van der Waals surface area contributed by atoms with Crippen molar-refractivity contribution in [2.45, 2.75) is 19.9 Å². The number of anilines is 1. The monoisotopic (exact) mass is 404 g/mol. The van der Waals surface area contributed by atoms with Gasteiger partial charge in [-0.25, -0.2) is 0 Å². The van der Waals surface area contributed by atoms with E-state index >= 15 is 0 Å². The molecule has 0 N–H and O–H groups in total. The molecule has 0 saturated heterocycles. The minimum atomic E-state index is -0.674. The van der Waals surface area contributed by atoms with E-state index in [1.54, 1.807) is 51.4 Å². The van der Waals surface area contributed by atoms with Crippen LogP contribution in [0.5, 0.6) is 5.75 Å². The minimum absolute atomic E-state index is 0.0140. The van der Waals surface area contributed by atoms with E-state index < -0.39 is 6.04 Å². The zero-order chi connectivity index (χ0) is 18.3. The van der Waals surface area contributed by atoms with E-state index in [1.807, 2.05) is 0 Å². The number of ketones is 1. The molecular formula is C18H17BrN2O4. The van der Waals surface area contributed by atoms with E-state index in [2.05, 4.69) is 15.9 Å². The van der Waals surface area contributed by atoms with Crippen molar-refractivity contribution in [2.75, 3.05) is 18.6 Å². The first-order valence-corrected chi connectivity index (χ1v) is 8.55. The summed E-state index contributed by atoms with van der Waals surface area (Å²) in [4.78, 5) is 38.5. The number of hydrogen-bond donors (Lipinski definition) is 0. The van der Waals surface area contributed by atoms with Crippen LogP contribution in [0.1, 0.15) is 28.9 Å². The van der Waals surface area contributed by atoms with E-state index in [1.165, 1.54) is 9.47 Å². The third kappa shape index (κ3) is 3.11. The van der Waals surface area contributed by atoms with Crippen molar-refractivity contribution < 1.29 is 14.3 Å². The Balaban J connectivity index is 1.99. The van der Waals surface area contributed by atoms with Gasteiger partial charge >= 0.3 is 0 Å². The first-order chi connectivity index (χ1) is 11.8. The molecule has 1 aliphatic rings. The van der Waals surface area contributed by atoms with Crippen molar-refractivity contribution in [3.8, 4) is 5.75 Å². The van der Waals surface area contributed by atoms with Crippen LogP contribution in [0.3, 0.4) is 0 Å². The normalized spacial score (nSPS) is 14.7. The molecule has 1 aliphatic heterocycles. The van der Waals surface area contributed by atoms with Gasteiger partial charge in [0, 0.05) is 28.8 Å². The maximum atomic E-state index is 12.9. The number of Topliss-reactive ketones (excluding diaryl/α,β-unsaturated/α-hetero) is 1. The van der Waals surface area contributed by atoms with Gasteiger partial charge in [-0.2, -0.15) is 0 Å². The van der Waals surface area contributed by atoms with Crippen molar-refractivity contribution in [2.24, 2.45) is 0 Å². The second kappa shape index (κ2) is 6.48. The lowest BCUT2D eigenvalue weighted by molar-refractivity contribution is -0.120. The second-order valence-electron chi connectivity index (χ2n) is 6.02. The Kier molecular flexibility index (Phi) is 4.51. The summed E-state index contributed by atoms with van der Waals surface area (Å²) in [6.45, 7) is 3.37. The van der Waals surface area contributed by atoms with Crippen LogP contribution in [0.15, 0.2) is 39.7 Å². The fraction of sp³-hybridized carbons (Fsp3) is 0.278. The van der Waals surface area contributed by atoms with Crippen molar-refractivity contribution in [1.82, 2.24) is 4.57 Å². The number of fused-ring (bicyclic) bond motifs is 1. The molecule has 1 aromatic heterocycles. The summed E-state index contributed by atoms with van der Waals surface area (Å²) in [5.74, 6) is 0.166. The largest absolute Gasteiger partial charge is 0.482 e. The van der Waals surface area contributed by atoms with Gasteiger partial charge in [0.05, 0.1) is 11.7 Å². The van der Waals surface area contributed by atoms with Crippen LogP contribution in [0, 0.1) is 6.92 Å². The predicted octanol–water partition coefficient (Wildman–Crippen LogP) is 2.72. The van der Waals surface area contributed by atoms with E-state index in [0.29, 0.717) is 22.6 Å². The zero-order valence-corrected chi connectivity index (χ0v) is 15.7.